The first-order chi connectivity index (χ1) is 8.58. The lowest BCUT2D eigenvalue weighted by atomic mass is 10.1. The first-order valence-electron chi connectivity index (χ1n) is 6.42. The van der Waals surface area contributed by atoms with Gasteiger partial charge in [-0.2, -0.15) is 0 Å². The number of nitrogens with zero attached hydrogens (tertiary/aromatic N) is 2. The molecule has 0 atom stereocenters. The van der Waals surface area contributed by atoms with Crippen LogP contribution in [0.25, 0.3) is 0 Å². The molecule has 18 heavy (non-hydrogen) atoms. The molecule has 1 aliphatic rings. The lowest BCUT2D eigenvalue weighted by Crippen LogP contribution is -2.34. The summed E-state index contributed by atoms with van der Waals surface area (Å²) in [6, 6.07) is 5.56. The summed E-state index contributed by atoms with van der Waals surface area (Å²) in [6.45, 7) is 5.57. The van der Waals surface area contributed by atoms with E-state index < -0.39 is 0 Å². The standard InChI is InChI=1S/C14H21N3O/c1-11-4-5-12(10-13(11)15)14(18)17-7-3-6-16(2)8-9-17/h4-5,10H,3,6-9,15H2,1-2H3. The summed E-state index contributed by atoms with van der Waals surface area (Å²) < 4.78 is 0. The van der Waals surface area contributed by atoms with Crippen molar-refractivity contribution in [3.63, 3.8) is 0 Å². The molecule has 4 heteroatoms. The third kappa shape index (κ3) is 2.82. The quantitative estimate of drug-likeness (QED) is 0.762. The number of aryl methyl sites for hydroxylation is 1. The van der Waals surface area contributed by atoms with E-state index in [1.165, 1.54) is 0 Å². The van der Waals surface area contributed by atoms with Crippen LogP contribution < -0.4 is 5.73 Å². The molecule has 1 saturated heterocycles. The minimum Gasteiger partial charge on any atom is -0.398 e. The highest BCUT2D eigenvalue weighted by atomic mass is 16.2. The number of amides is 1. The van der Waals surface area contributed by atoms with Crippen molar-refractivity contribution < 1.29 is 4.79 Å². The highest BCUT2D eigenvalue weighted by molar-refractivity contribution is 5.95. The fourth-order valence-electron chi connectivity index (χ4n) is 2.21. The maximum absolute atomic E-state index is 12.4. The summed E-state index contributed by atoms with van der Waals surface area (Å²) >= 11 is 0. The predicted octanol–water partition coefficient (Wildman–Crippen LogP) is 1.35. The van der Waals surface area contributed by atoms with Crippen LogP contribution in [0.4, 0.5) is 5.69 Å². The van der Waals surface area contributed by atoms with E-state index in [0.717, 1.165) is 38.2 Å². The number of anilines is 1. The molecule has 4 nitrogen and oxygen atoms in total. The summed E-state index contributed by atoms with van der Waals surface area (Å²) in [5.74, 6) is 0.0944. The van der Waals surface area contributed by atoms with Crippen LogP contribution in [-0.4, -0.2) is 48.9 Å². The van der Waals surface area contributed by atoms with Crippen molar-refractivity contribution in [3.8, 4) is 0 Å². The van der Waals surface area contributed by atoms with Gasteiger partial charge in [-0.15, -0.1) is 0 Å². The fraction of sp³-hybridized carbons (Fsp3) is 0.500. The Morgan fingerprint density at radius 2 is 2.00 bits per heavy atom. The van der Waals surface area contributed by atoms with Crippen molar-refractivity contribution in [1.29, 1.82) is 0 Å². The van der Waals surface area contributed by atoms with Crippen LogP contribution in [-0.2, 0) is 0 Å². The summed E-state index contributed by atoms with van der Waals surface area (Å²) in [4.78, 5) is 16.6. The van der Waals surface area contributed by atoms with Crippen LogP contribution in [0.3, 0.4) is 0 Å². The average molecular weight is 247 g/mol. The number of hydrogen-bond donors (Lipinski definition) is 1. The predicted molar refractivity (Wildman–Crippen MR) is 73.6 cm³/mol. The maximum Gasteiger partial charge on any atom is 0.253 e. The van der Waals surface area contributed by atoms with Crippen molar-refractivity contribution in [2.24, 2.45) is 0 Å². The molecule has 98 valence electrons. The number of nitrogens with two attached hydrogens (primary N) is 1. The van der Waals surface area contributed by atoms with Gasteiger partial charge >= 0.3 is 0 Å². The third-order valence-corrected chi connectivity index (χ3v) is 3.53. The molecule has 1 aromatic carbocycles. The number of likely N-dealkylation sites (N-methyl/N-ethyl adjacent to an activating group) is 1. The van der Waals surface area contributed by atoms with Gasteiger partial charge in [0.15, 0.2) is 0 Å². The van der Waals surface area contributed by atoms with E-state index in [9.17, 15) is 4.79 Å². The Kier molecular flexibility index (Phi) is 3.87. The van der Waals surface area contributed by atoms with E-state index in [1.807, 2.05) is 24.0 Å². The number of nitrogen functional groups attached to an aromatic ring is 1. The highest BCUT2D eigenvalue weighted by Gasteiger charge is 2.19. The topological polar surface area (TPSA) is 49.6 Å². The molecule has 0 unspecified atom stereocenters. The van der Waals surface area contributed by atoms with Crippen LogP contribution in [0.2, 0.25) is 0 Å². The molecule has 0 saturated carbocycles. The van der Waals surface area contributed by atoms with Gasteiger partial charge in [0.1, 0.15) is 0 Å². The minimum atomic E-state index is 0.0944. The van der Waals surface area contributed by atoms with Gasteiger partial charge < -0.3 is 15.5 Å². The van der Waals surface area contributed by atoms with Crippen LogP contribution in [0.5, 0.6) is 0 Å². The Labute approximate surface area is 108 Å². The zero-order chi connectivity index (χ0) is 13.1. The molecule has 2 rings (SSSR count). The van der Waals surface area contributed by atoms with Crippen molar-refractivity contribution in [1.82, 2.24) is 9.80 Å². The number of rotatable bonds is 1. The molecular weight excluding hydrogens is 226 g/mol. The Morgan fingerprint density at radius 3 is 2.72 bits per heavy atom. The van der Waals surface area contributed by atoms with E-state index in [-0.39, 0.29) is 5.91 Å². The molecule has 2 N–H and O–H groups in total. The van der Waals surface area contributed by atoms with Crippen molar-refractivity contribution in [2.75, 3.05) is 39.0 Å². The normalized spacial score (nSPS) is 17.6. The van der Waals surface area contributed by atoms with E-state index in [1.54, 1.807) is 6.07 Å². The Morgan fingerprint density at radius 1 is 1.22 bits per heavy atom. The number of carbonyl (C=O) groups excluding carboxylic acids is 1. The van der Waals surface area contributed by atoms with Crippen LogP contribution in [0.1, 0.15) is 22.3 Å². The van der Waals surface area contributed by atoms with E-state index in [2.05, 4.69) is 11.9 Å². The monoisotopic (exact) mass is 247 g/mol. The first-order valence-corrected chi connectivity index (χ1v) is 6.42. The third-order valence-electron chi connectivity index (χ3n) is 3.53. The van der Waals surface area contributed by atoms with Gasteiger partial charge in [-0.3, -0.25) is 4.79 Å². The van der Waals surface area contributed by atoms with E-state index in [4.69, 9.17) is 5.73 Å². The molecule has 0 aliphatic carbocycles. The lowest BCUT2D eigenvalue weighted by Gasteiger charge is -2.21. The van der Waals surface area contributed by atoms with Gasteiger partial charge in [-0.05, 0) is 44.6 Å². The summed E-state index contributed by atoms with van der Waals surface area (Å²) in [6.07, 6.45) is 1.03. The van der Waals surface area contributed by atoms with Gasteiger partial charge in [0.2, 0.25) is 0 Å². The zero-order valence-electron chi connectivity index (χ0n) is 11.1. The van der Waals surface area contributed by atoms with Gasteiger partial charge in [0, 0.05) is 30.9 Å². The molecule has 1 aliphatic heterocycles. The molecule has 0 bridgehead atoms. The van der Waals surface area contributed by atoms with Crippen LogP contribution >= 0.6 is 0 Å². The fourth-order valence-corrected chi connectivity index (χ4v) is 2.21. The largest absolute Gasteiger partial charge is 0.398 e. The molecule has 1 fully saturated rings. The smallest absolute Gasteiger partial charge is 0.253 e. The number of hydrogen-bond acceptors (Lipinski definition) is 3. The number of carbonyl (C=O) groups is 1. The van der Waals surface area contributed by atoms with E-state index in [0.29, 0.717) is 11.3 Å². The molecule has 1 aromatic rings. The van der Waals surface area contributed by atoms with Crippen molar-refractivity contribution in [3.05, 3.63) is 29.3 Å². The van der Waals surface area contributed by atoms with Gasteiger partial charge in [0.25, 0.3) is 5.91 Å². The molecule has 0 spiro atoms. The van der Waals surface area contributed by atoms with Gasteiger partial charge in [-0.25, -0.2) is 0 Å². The lowest BCUT2D eigenvalue weighted by molar-refractivity contribution is 0.0763. The Bertz CT molecular complexity index is 445. The summed E-state index contributed by atoms with van der Waals surface area (Å²) in [5.41, 5.74) is 8.26. The second-order valence-electron chi connectivity index (χ2n) is 5.02. The van der Waals surface area contributed by atoms with Crippen LogP contribution in [0, 0.1) is 6.92 Å². The summed E-state index contributed by atoms with van der Waals surface area (Å²) in [5, 5.41) is 0. The molecule has 0 radical (unpaired) electrons. The van der Waals surface area contributed by atoms with Crippen LogP contribution in [0.15, 0.2) is 18.2 Å². The maximum atomic E-state index is 12.4. The number of benzene rings is 1. The SMILES string of the molecule is Cc1ccc(C(=O)N2CCCN(C)CC2)cc1N. The average Bonchev–Trinajstić information content (AvgIpc) is 2.57. The van der Waals surface area contributed by atoms with E-state index >= 15 is 0 Å². The highest BCUT2D eigenvalue weighted by Crippen LogP contribution is 2.15. The second kappa shape index (κ2) is 5.40. The van der Waals surface area contributed by atoms with Gasteiger partial charge in [0.05, 0.1) is 0 Å². The molecule has 1 amide bonds. The minimum absolute atomic E-state index is 0.0944. The summed E-state index contributed by atoms with van der Waals surface area (Å²) in [7, 11) is 2.10. The molecular formula is C14H21N3O. The van der Waals surface area contributed by atoms with Gasteiger partial charge in [-0.1, -0.05) is 6.07 Å². The Balaban J connectivity index is 2.12. The molecule has 1 heterocycles. The van der Waals surface area contributed by atoms with Crippen molar-refractivity contribution >= 4 is 11.6 Å². The zero-order valence-corrected chi connectivity index (χ0v) is 11.1. The van der Waals surface area contributed by atoms with Crippen molar-refractivity contribution in [2.45, 2.75) is 13.3 Å². The second-order valence-corrected chi connectivity index (χ2v) is 5.02. The first kappa shape index (κ1) is 12.9. The Hall–Kier alpha value is -1.55. The molecule has 0 aromatic heterocycles.